The highest BCUT2D eigenvalue weighted by Crippen LogP contribution is 2.30. The molecule has 6 nitrogen and oxygen atoms in total. The maximum absolute atomic E-state index is 5.45. The van der Waals surface area contributed by atoms with Gasteiger partial charge in [-0.3, -0.25) is 9.67 Å². The lowest BCUT2D eigenvalue weighted by molar-refractivity contribution is 0.405. The van der Waals surface area contributed by atoms with Gasteiger partial charge >= 0.3 is 0 Å². The zero-order valence-corrected chi connectivity index (χ0v) is 21.5. The summed E-state index contributed by atoms with van der Waals surface area (Å²) < 4.78 is 7.34. The molecule has 0 amide bonds. The fourth-order valence-electron chi connectivity index (χ4n) is 3.57. The average molecular weight is 544 g/mol. The summed E-state index contributed by atoms with van der Waals surface area (Å²) in [5.74, 6) is 4.01. The minimum Gasteiger partial charge on any atom is -0.496 e. The number of aryl methyl sites for hydroxylation is 1. The Morgan fingerprint density at radius 1 is 1.40 bits per heavy atom. The minimum absolute atomic E-state index is 0. The summed E-state index contributed by atoms with van der Waals surface area (Å²) in [4.78, 5) is 8.53. The van der Waals surface area contributed by atoms with E-state index < -0.39 is 0 Å². The molecule has 1 aromatic heterocycles. The second-order valence-corrected chi connectivity index (χ2v) is 8.70. The van der Waals surface area contributed by atoms with Crippen LogP contribution in [0.3, 0.4) is 0 Å². The first-order chi connectivity index (χ1) is 14.1. The van der Waals surface area contributed by atoms with Crippen LogP contribution in [0.1, 0.15) is 31.7 Å². The van der Waals surface area contributed by atoms with Crippen LogP contribution < -0.4 is 10.1 Å². The second-order valence-electron chi connectivity index (χ2n) is 7.64. The molecule has 30 heavy (non-hydrogen) atoms. The number of rotatable bonds is 8. The number of aromatic nitrogens is 2. The number of para-hydroxylation sites is 1. The van der Waals surface area contributed by atoms with Crippen LogP contribution in [0.5, 0.6) is 5.75 Å². The number of hydrogen-bond acceptors (Lipinski definition) is 4. The second kappa shape index (κ2) is 12.4. The van der Waals surface area contributed by atoms with Gasteiger partial charge in [-0.05, 0) is 37.0 Å². The Bertz CT molecular complexity index is 812. The van der Waals surface area contributed by atoms with Crippen molar-refractivity contribution < 1.29 is 4.74 Å². The van der Waals surface area contributed by atoms with Crippen LogP contribution in [-0.4, -0.2) is 59.7 Å². The van der Waals surface area contributed by atoms with E-state index in [1.165, 1.54) is 10.5 Å². The number of likely N-dealkylation sites (tertiary alicyclic amines) is 1. The molecule has 2 aromatic rings. The van der Waals surface area contributed by atoms with Gasteiger partial charge in [0, 0.05) is 56.0 Å². The Morgan fingerprint density at radius 2 is 2.20 bits per heavy atom. The first-order valence-corrected chi connectivity index (χ1v) is 11.4. The highest BCUT2D eigenvalue weighted by molar-refractivity contribution is 14.0. The van der Waals surface area contributed by atoms with Gasteiger partial charge in [0.2, 0.25) is 0 Å². The molecular formula is C22H34IN5OS. The van der Waals surface area contributed by atoms with E-state index in [9.17, 15) is 0 Å². The van der Waals surface area contributed by atoms with Gasteiger partial charge in [-0.15, -0.1) is 35.7 Å². The molecule has 3 rings (SSSR count). The smallest absolute Gasteiger partial charge is 0.193 e. The summed E-state index contributed by atoms with van der Waals surface area (Å²) in [6.45, 7) is 8.14. The Hall–Kier alpha value is -1.42. The maximum Gasteiger partial charge on any atom is 0.193 e. The van der Waals surface area contributed by atoms with Crippen LogP contribution in [0.2, 0.25) is 0 Å². The Kier molecular flexibility index (Phi) is 10.3. The van der Waals surface area contributed by atoms with E-state index in [0.29, 0.717) is 11.8 Å². The number of benzene rings is 1. The van der Waals surface area contributed by atoms with Crippen LogP contribution in [0.25, 0.3) is 0 Å². The predicted molar refractivity (Wildman–Crippen MR) is 136 cm³/mol. The first kappa shape index (κ1) is 24.8. The number of thioether (sulfide) groups is 1. The number of ether oxygens (including phenoxy) is 1. The van der Waals surface area contributed by atoms with Crippen molar-refractivity contribution in [3.8, 4) is 5.75 Å². The molecule has 2 atom stereocenters. The third-order valence-corrected chi connectivity index (χ3v) is 6.55. The molecule has 1 saturated heterocycles. The quantitative estimate of drug-likeness (QED) is 0.234. The highest BCUT2D eigenvalue weighted by atomic mass is 127. The Balaban J connectivity index is 0.00000320. The Morgan fingerprint density at radius 3 is 2.90 bits per heavy atom. The van der Waals surface area contributed by atoms with Crippen molar-refractivity contribution in [3.63, 3.8) is 0 Å². The van der Waals surface area contributed by atoms with Crippen molar-refractivity contribution >= 4 is 41.7 Å². The number of nitrogens with zero attached hydrogens (tertiary/aromatic N) is 4. The van der Waals surface area contributed by atoms with Crippen LogP contribution >= 0.6 is 35.7 Å². The van der Waals surface area contributed by atoms with Crippen molar-refractivity contribution in [2.24, 2.45) is 18.0 Å². The number of guanidine groups is 1. The molecule has 0 saturated carbocycles. The molecule has 0 radical (unpaired) electrons. The van der Waals surface area contributed by atoms with Gasteiger partial charge in [0.25, 0.3) is 0 Å². The van der Waals surface area contributed by atoms with Crippen molar-refractivity contribution in [2.75, 3.05) is 39.0 Å². The molecule has 1 aliphatic rings. The minimum atomic E-state index is 0. The predicted octanol–water partition coefficient (Wildman–Crippen LogP) is 4.23. The largest absolute Gasteiger partial charge is 0.496 e. The van der Waals surface area contributed by atoms with Gasteiger partial charge in [-0.25, -0.2) is 0 Å². The molecular weight excluding hydrogens is 509 g/mol. The van der Waals surface area contributed by atoms with E-state index in [2.05, 4.69) is 47.5 Å². The van der Waals surface area contributed by atoms with Gasteiger partial charge in [0.05, 0.1) is 13.3 Å². The maximum atomic E-state index is 5.45. The molecule has 0 spiro atoms. The fraction of sp³-hybridized carbons (Fsp3) is 0.545. The number of methoxy groups -OCH3 is 1. The van der Waals surface area contributed by atoms with Crippen molar-refractivity contribution in [1.29, 1.82) is 0 Å². The molecule has 1 aliphatic heterocycles. The number of halogens is 1. The van der Waals surface area contributed by atoms with Crippen LogP contribution in [0, 0.1) is 5.92 Å². The molecule has 0 aliphatic carbocycles. The topological polar surface area (TPSA) is 54.7 Å². The molecule has 2 heterocycles. The van der Waals surface area contributed by atoms with Gasteiger partial charge in [0.15, 0.2) is 5.96 Å². The summed E-state index contributed by atoms with van der Waals surface area (Å²) in [7, 11) is 3.71. The first-order valence-electron chi connectivity index (χ1n) is 10.4. The summed E-state index contributed by atoms with van der Waals surface area (Å²) in [5.41, 5.74) is 1.33. The fourth-order valence-corrected chi connectivity index (χ4v) is 4.60. The molecule has 1 N–H and O–H groups in total. The van der Waals surface area contributed by atoms with Crippen LogP contribution in [0.4, 0.5) is 0 Å². The van der Waals surface area contributed by atoms with Gasteiger partial charge < -0.3 is 15.0 Å². The zero-order valence-electron chi connectivity index (χ0n) is 18.4. The summed E-state index contributed by atoms with van der Waals surface area (Å²) in [6, 6.07) is 8.20. The standard InChI is InChI=1S/C22H33N5OS.HI/c1-5-23-22(27-11-10-18(15-27)19-13-25-26(3)14-19)24-12-17(2)16-29-21-9-7-6-8-20(21)28-4;/h6-9,13-14,17-18H,5,10-12,15-16H2,1-4H3,(H,23,24);1H. The lowest BCUT2D eigenvalue weighted by Gasteiger charge is -2.22. The van der Waals surface area contributed by atoms with Gasteiger partial charge in [-0.1, -0.05) is 19.1 Å². The van der Waals surface area contributed by atoms with E-state index in [0.717, 1.165) is 50.1 Å². The molecule has 0 bridgehead atoms. The van der Waals surface area contributed by atoms with E-state index in [1.807, 2.05) is 41.8 Å². The number of nitrogens with one attached hydrogen (secondary N) is 1. The monoisotopic (exact) mass is 543 g/mol. The Labute approximate surface area is 201 Å². The van der Waals surface area contributed by atoms with E-state index in [4.69, 9.17) is 9.73 Å². The molecule has 8 heteroatoms. The summed E-state index contributed by atoms with van der Waals surface area (Å²) >= 11 is 1.84. The molecule has 1 fully saturated rings. The van der Waals surface area contributed by atoms with Crippen molar-refractivity contribution in [1.82, 2.24) is 20.0 Å². The van der Waals surface area contributed by atoms with E-state index in [1.54, 1.807) is 7.11 Å². The normalized spacial score (nSPS) is 17.5. The summed E-state index contributed by atoms with van der Waals surface area (Å²) in [6.07, 6.45) is 5.28. The van der Waals surface area contributed by atoms with Crippen molar-refractivity contribution in [2.45, 2.75) is 31.1 Å². The van der Waals surface area contributed by atoms with Gasteiger partial charge in [-0.2, -0.15) is 5.10 Å². The van der Waals surface area contributed by atoms with Crippen LogP contribution in [0.15, 0.2) is 46.5 Å². The molecule has 166 valence electrons. The van der Waals surface area contributed by atoms with E-state index >= 15 is 0 Å². The SMILES string of the molecule is CCNC(=NCC(C)CSc1ccccc1OC)N1CCC(c2cnn(C)c2)C1.I. The average Bonchev–Trinajstić information content (AvgIpc) is 3.39. The highest BCUT2D eigenvalue weighted by Gasteiger charge is 2.27. The molecule has 1 aromatic carbocycles. The lowest BCUT2D eigenvalue weighted by atomic mass is 10.0. The van der Waals surface area contributed by atoms with Gasteiger partial charge in [0.1, 0.15) is 5.75 Å². The third-order valence-electron chi connectivity index (χ3n) is 5.16. The number of aliphatic imine (C=N–C) groups is 1. The molecule has 2 unspecified atom stereocenters. The number of hydrogen-bond donors (Lipinski definition) is 1. The zero-order chi connectivity index (χ0) is 20.6. The van der Waals surface area contributed by atoms with Crippen molar-refractivity contribution in [3.05, 3.63) is 42.2 Å². The van der Waals surface area contributed by atoms with E-state index in [-0.39, 0.29) is 24.0 Å². The summed E-state index contributed by atoms with van der Waals surface area (Å²) in [5, 5.41) is 7.80. The third kappa shape index (κ3) is 6.80. The van der Waals surface area contributed by atoms with Crippen LogP contribution in [-0.2, 0) is 7.05 Å². The lowest BCUT2D eigenvalue weighted by Crippen LogP contribution is -2.40.